The van der Waals surface area contributed by atoms with Crippen LogP contribution in [0.2, 0.25) is 0 Å². The van der Waals surface area contributed by atoms with Gasteiger partial charge in [0.1, 0.15) is 17.3 Å². The highest BCUT2D eigenvalue weighted by atomic mass is 16.5. The van der Waals surface area contributed by atoms with Crippen LogP contribution in [0.1, 0.15) is 120 Å². The number of carbonyl (C=O) groups excluding carboxylic acids is 6. The number of carbonyl (C=O) groups is 6. The Hall–Kier alpha value is -13.7. The maximum Gasteiger partial charge on any atom is 0.328 e. The Morgan fingerprint density at radius 2 is 0.982 bits per heavy atom. The number of hydrogen-bond acceptors (Lipinski definition) is 13. The van der Waals surface area contributed by atoms with E-state index in [0.29, 0.717) is 86.9 Å². The first-order valence-corrected chi connectivity index (χ1v) is 37.9. The van der Waals surface area contributed by atoms with Gasteiger partial charge in [0.2, 0.25) is 23.6 Å². The van der Waals surface area contributed by atoms with Crippen LogP contribution in [0.3, 0.4) is 0 Å². The molecule has 5 heterocycles. The highest BCUT2D eigenvalue weighted by Crippen LogP contribution is 2.44. The molecule has 23 heteroatoms. The fourth-order valence-corrected chi connectivity index (χ4v) is 13.1. The van der Waals surface area contributed by atoms with Gasteiger partial charge in [-0.05, 0) is 97.2 Å². The highest BCUT2D eigenvalue weighted by molar-refractivity contribution is 6.09. The number of ketones is 2. The lowest BCUT2D eigenvalue weighted by Crippen LogP contribution is -2.34. The molecule has 0 radical (unpaired) electrons. The number of amides is 4. The van der Waals surface area contributed by atoms with Gasteiger partial charge in [-0.15, -0.1) is 0 Å². The number of ether oxygens (including phenoxy) is 1. The molecule has 0 spiro atoms. The smallest absolute Gasteiger partial charge is 0.328 e. The Morgan fingerprint density at radius 3 is 1.57 bits per heavy atom. The van der Waals surface area contributed by atoms with Gasteiger partial charge < -0.3 is 30.2 Å². The van der Waals surface area contributed by atoms with Gasteiger partial charge in [-0.3, -0.25) is 67.2 Å². The summed E-state index contributed by atoms with van der Waals surface area (Å²) in [5.74, 6) is 0.00796. The summed E-state index contributed by atoms with van der Waals surface area (Å²) in [6.45, 7) is 8.01. The molecular formula is C91H92N10O13. The van der Waals surface area contributed by atoms with E-state index in [-0.39, 0.29) is 64.3 Å². The van der Waals surface area contributed by atoms with Gasteiger partial charge in [-0.25, -0.2) is 14.4 Å². The SMILES string of the molecule is CC1=CN(CCCCNC(=O)Cc2ccc3ccccc3c2)C(=O)CC1=O.Cc1cn(C/C=C\CNC(=O)C(c2ccccc2)c2ccccc2)c(=O)[nH]c1=O.Cc1cn(CCCCCC(=O)C(c2ccccc2)c2ccccc2)c(=O)[nH]c1=O.O=C(NC/C=C\Cn1ccc(=O)[nH]c1=O)C1c2ccccc2Oc2ccccc21. The van der Waals surface area contributed by atoms with Gasteiger partial charge in [0, 0.05) is 111 Å². The molecule has 0 saturated heterocycles. The molecule has 13 rings (SSSR count). The number of unbranched alkanes of at least 4 members (excludes halogenated alkanes) is 3. The van der Waals surface area contributed by atoms with E-state index in [1.807, 2.05) is 206 Å². The zero-order chi connectivity index (χ0) is 80.7. The first-order chi connectivity index (χ1) is 55.3. The Balaban J connectivity index is 0.000000161. The van der Waals surface area contributed by atoms with Crippen LogP contribution in [0.15, 0.2) is 302 Å². The number of fused-ring (bicyclic) bond motifs is 3. The second kappa shape index (κ2) is 41.9. The van der Waals surface area contributed by atoms with Crippen molar-refractivity contribution < 1.29 is 33.5 Å². The molecule has 0 atom stereocenters. The number of allylic oxidation sites excluding steroid dienone is 3. The third kappa shape index (κ3) is 23.9. The Morgan fingerprint density at radius 1 is 0.482 bits per heavy atom. The summed E-state index contributed by atoms with van der Waals surface area (Å²) in [6, 6.07) is 69.5. The van der Waals surface area contributed by atoms with Gasteiger partial charge in [0.15, 0.2) is 5.78 Å². The predicted octanol–water partition coefficient (Wildman–Crippen LogP) is 11.3. The van der Waals surface area contributed by atoms with E-state index in [1.54, 1.807) is 62.4 Å². The van der Waals surface area contributed by atoms with Crippen LogP contribution in [0.5, 0.6) is 11.5 Å². The lowest BCUT2D eigenvalue weighted by molar-refractivity contribution is -0.134. The monoisotopic (exact) mass is 1530 g/mol. The van der Waals surface area contributed by atoms with Crippen molar-refractivity contribution in [1.29, 1.82) is 0 Å². The van der Waals surface area contributed by atoms with Crippen LogP contribution in [0, 0.1) is 13.8 Å². The predicted molar refractivity (Wildman–Crippen MR) is 440 cm³/mol. The summed E-state index contributed by atoms with van der Waals surface area (Å²) >= 11 is 0. The lowest BCUT2D eigenvalue weighted by Gasteiger charge is -2.27. The number of benzene rings is 8. The van der Waals surface area contributed by atoms with E-state index in [4.69, 9.17) is 4.74 Å². The molecule has 6 N–H and O–H groups in total. The molecule has 584 valence electrons. The van der Waals surface area contributed by atoms with E-state index in [2.05, 4.69) is 37.0 Å². The number of Topliss-reactive ketones (excluding diaryl/α,β-unsaturated/α-hetero) is 2. The molecule has 0 fully saturated rings. The van der Waals surface area contributed by atoms with Crippen LogP contribution >= 0.6 is 0 Å². The third-order valence-electron chi connectivity index (χ3n) is 19.1. The Bertz CT molecular complexity index is 5500. The largest absolute Gasteiger partial charge is 0.457 e. The van der Waals surface area contributed by atoms with Gasteiger partial charge >= 0.3 is 17.1 Å². The number of nitrogens with one attached hydrogen (secondary N) is 6. The van der Waals surface area contributed by atoms with Crippen molar-refractivity contribution in [2.45, 2.75) is 110 Å². The standard InChI is InChI=1S/C24H26N2O3.C23H23N3O3.C22H19N3O4.C22H24N2O3/c1-18-17-26(24(29)25-23(18)28)16-10-4-9-15-21(27)22(19-11-5-2-6-12-19)20-13-7-3-8-14-20;1-17-16-26(23(29)25-21(17)27)15-9-8-14-24-22(28)20(18-10-4-2-5-11-18)19-12-6-3-7-13-19;26-19-11-14-25(22(28)24-19)13-6-5-12-23-21(27)20-15-7-1-3-9-17(15)29-18-10-4-2-8-16(18)20;1-16-15-24(22(27)14-20(16)25)11-5-4-10-23-21(26)13-17-8-9-18-6-2-3-7-19(18)12-17/h2-3,5-8,11-14,17,22H,4,9-10,15-16H2,1H3,(H,25,28,29);2-13,16,20H,14-15H2,1H3,(H,24,28)(H,25,27,29);1-11,14,20H,12-13H2,(H,23,27)(H,24,26,28);2-3,6-9,12,15H,4-5,10-11,13-14H2,1H3,(H,23,26)/b;9-8-;6-5-;. The van der Waals surface area contributed by atoms with Crippen LogP contribution in [-0.2, 0) is 54.8 Å². The number of aromatic nitrogens is 6. The molecule has 4 amide bonds. The van der Waals surface area contributed by atoms with Crippen molar-refractivity contribution in [1.82, 2.24) is 49.5 Å². The summed E-state index contributed by atoms with van der Waals surface area (Å²) in [6.07, 6.45) is 18.0. The molecule has 8 aromatic carbocycles. The van der Waals surface area contributed by atoms with Crippen LogP contribution in [-0.4, -0.2) is 94.9 Å². The fraction of sp³-hybridized carbons (Fsp3) is 0.231. The summed E-state index contributed by atoms with van der Waals surface area (Å²) in [5, 5.41) is 11.1. The molecular weight excluding hydrogens is 1440 g/mol. The average Bonchev–Trinajstić information content (AvgIpc) is 0.766. The average molecular weight is 1530 g/mol. The van der Waals surface area contributed by atoms with Crippen LogP contribution in [0.25, 0.3) is 10.8 Å². The molecule has 11 aromatic rings. The number of hydrogen-bond donors (Lipinski definition) is 6. The minimum atomic E-state index is -0.471. The van der Waals surface area contributed by atoms with E-state index in [9.17, 15) is 57.5 Å². The maximum atomic E-state index is 13.0. The number of nitrogens with zero attached hydrogens (tertiary/aromatic N) is 4. The van der Waals surface area contributed by atoms with Gasteiger partial charge in [0.25, 0.3) is 16.7 Å². The van der Waals surface area contributed by atoms with Crippen molar-refractivity contribution >= 4 is 46.0 Å². The number of para-hydroxylation sites is 2. The number of aryl methyl sites for hydroxylation is 3. The van der Waals surface area contributed by atoms with Gasteiger partial charge in [0.05, 0.1) is 30.6 Å². The van der Waals surface area contributed by atoms with Crippen LogP contribution < -0.4 is 54.4 Å². The topological polar surface area (TPSA) is 316 Å². The van der Waals surface area contributed by atoms with Crippen molar-refractivity contribution in [3.63, 3.8) is 0 Å². The minimum absolute atomic E-state index is 0.000618. The van der Waals surface area contributed by atoms with Crippen molar-refractivity contribution in [2.24, 2.45) is 0 Å². The number of rotatable bonds is 28. The van der Waals surface area contributed by atoms with Crippen LogP contribution in [0.4, 0.5) is 0 Å². The van der Waals surface area contributed by atoms with E-state index < -0.39 is 28.8 Å². The Kier molecular flexibility index (Phi) is 30.4. The number of H-pyrrole nitrogens is 3. The minimum Gasteiger partial charge on any atom is -0.457 e. The summed E-state index contributed by atoms with van der Waals surface area (Å²) in [5.41, 5.74) is 5.68. The molecule has 2 aliphatic heterocycles. The molecule has 2 aliphatic rings. The van der Waals surface area contributed by atoms with E-state index in [1.165, 1.54) is 37.5 Å². The molecule has 0 bridgehead atoms. The molecule has 0 saturated carbocycles. The van der Waals surface area contributed by atoms with Gasteiger partial charge in [-0.1, -0.05) is 231 Å². The molecule has 0 unspecified atom stereocenters. The third-order valence-corrected chi connectivity index (χ3v) is 19.1. The first-order valence-electron chi connectivity index (χ1n) is 37.9. The van der Waals surface area contributed by atoms with E-state index in [0.717, 1.165) is 76.4 Å². The second-order valence-electron chi connectivity index (χ2n) is 27.5. The quantitative estimate of drug-likeness (QED) is 0.0151. The normalized spacial score (nSPS) is 12.3. The summed E-state index contributed by atoms with van der Waals surface area (Å²) < 4.78 is 10.2. The molecule has 114 heavy (non-hydrogen) atoms. The van der Waals surface area contributed by atoms with E-state index >= 15 is 0 Å². The second-order valence-corrected chi connectivity index (χ2v) is 27.5. The van der Waals surface area contributed by atoms with Crippen molar-refractivity contribution in [2.75, 3.05) is 26.2 Å². The lowest BCUT2D eigenvalue weighted by atomic mass is 9.86. The highest BCUT2D eigenvalue weighted by Gasteiger charge is 2.32. The van der Waals surface area contributed by atoms with Crippen molar-refractivity contribution in [3.05, 3.63) is 386 Å². The molecule has 3 aromatic heterocycles. The molecule has 23 nitrogen and oxygen atoms in total. The fourth-order valence-electron chi connectivity index (χ4n) is 13.1. The summed E-state index contributed by atoms with van der Waals surface area (Å²) in [7, 11) is 0. The Labute approximate surface area is 658 Å². The van der Waals surface area contributed by atoms with Crippen molar-refractivity contribution in [3.8, 4) is 11.5 Å². The first kappa shape index (κ1) is 82.8. The zero-order valence-electron chi connectivity index (χ0n) is 63.8. The maximum absolute atomic E-state index is 13.0. The van der Waals surface area contributed by atoms with Gasteiger partial charge in [-0.2, -0.15) is 0 Å². The molecule has 0 aliphatic carbocycles. The number of aromatic amines is 3. The zero-order valence-corrected chi connectivity index (χ0v) is 63.8. The summed E-state index contributed by atoms with van der Waals surface area (Å²) in [4.78, 5) is 152.